The van der Waals surface area contributed by atoms with Gasteiger partial charge in [0.15, 0.2) is 0 Å². The summed E-state index contributed by atoms with van der Waals surface area (Å²) in [6.07, 6.45) is 11.1. The van der Waals surface area contributed by atoms with E-state index in [1.54, 1.807) is 18.6 Å². The Kier molecular flexibility index (Phi) is 4.59. The summed E-state index contributed by atoms with van der Waals surface area (Å²) in [6.45, 7) is 4.38. The second-order valence-electron chi connectivity index (χ2n) is 6.33. The number of aromatic nitrogens is 5. The molecule has 3 aromatic rings. The van der Waals surface area contributed by atoms with Gasteiger partial charge < -0.3 is 16.0 Å². The number of nitrogens with zero attached hydrogens (tertiary/aromatic N) is 4. The van der Waals surface area contributed by atoms with Gasteiger partial charge in [-0.15, -0.1) is 0 Å². The number of pyridine rings is 1. The van der Waals surface area contributed by atoms with Crippen LogP contribution in [0.3, 0.4) is 0 Å². The lowest BCUT2D eigenvalue weighted by Gasteiger charge is -2.31. The highest BCUT2D eigenvalue weighted by Gasteiger charge is 2.26. The molecular weight excluding hydrogens is 302 g/mol. The number of aromatic amines is 1. The second-order valence-corrected chi connectivity index (χ2v) is 6.33. The van der Waals surface area contributed by atoms with E-state index < -0.39 is 0 Å². The van der Waals surface area contributed by atoms with Crippen molar-refractivity contribution < 1.29 is 1.43 Å². The van der Waals surface area contributed by atoms with E-state index in [9.17, 15) is 0 Å². The number of unbranched alkanes of at least 4 members (excludes halogenated alkanes) is 1. The van der Waals surface area contributed by atoms with E-state index in [4.69, 9.17) is 5.73 Å². The van der Waals surface area contributed by atoms with Crippen molar-refractivity contribution in [3.63, 3.8) is 0 Å². The number of imidazole rings is 1. The SMILES string of the molecule is CCCC[C@](C)(Cc1ncc[nH]1)Nc1nc(N)nc2cnccc12.[HH]. The van der Waals surface area contributed by atoms with Crippen molar-refractivity contribution in [3.8, 4) is 0 Å². The molecule has 128 valence electrons. The third-order valence-electron chi connectivity index (χ3n) is 4.13. The summed E-state index contributed by atoms with van der Waals surface area (Å²) < 4.78 is 0. The Morgan fingerprint density at radius 2 is 2.21 bits per heavy atom. The number of nitrogens with one attached hydrogen (secondary N) is 2. The topological polar surface area (TPSA) is 105 Å². The number of fused-ring (bicyclic) bond motifs is 1. The zero-order chi connectivity index (χ0) is 17.0. The lowest BCUT2D eigenvalue weighted by atomic mass is 9.90. The molecule has 0 saturated carbocycles. The van der Waals surface area contributed by atoms with Crippen molar-refractivity contribution in [2.45, 2.75) is 45.1 Å². The van der Waals surface area contributed by atoms with E-state index in [0.29, 0.717) is 0 Å². The summed E-state index contributed by atoms with van der Waals surface area (Å²) in [4.78, 5) is 20.3. The lowest BCUT2D eigenvalue weighted by Crippen LogP contribution is -2.38. The molecule has 7 nitrogen and oxygen atoms in total. The van der Waals surface area contributed by atoms with Crippen LogP contribution in [0.4, 0.5) is 11.8 Å². The van der Waals surface area contributed by atoms with Gasteiger partial charge in [0.1, 0.15) is 11.6 Å². The Balaban J connectivity index is 0.00000225. The Morgan fingerprint density at radius 3 is 2.96 bits per heavy atom. The summed E-state index contributed by atoms with van der Waals surface area (Å²) in [7, 11) is 0. The highest BCUT2D eigenvalue weighted by atomic mass is 15.1. The van der Waals surface area contributed by atoms with Crippen LogP contribution in [0.25, 0.3) is 10.9 Å². The summed E-state index contributed by atoms with van der Waals surface area (Å²) in [5, 5.41) is 4.51. The molecule has 1 atom stereocenters. The van der Waals surface area contributed by atoms with Crippen LogP contribution in [0, 0.1) is 0 Å². The van der Waals surface area contributed by atoms with Gasteiger partial charge in [0.05, 0.1) is 11.7 Å². The summed E-state index contributed by atoms with van der Waals surface area (Å²) in [5.41, 5.74) is 6.42. The van der Waals surface area contributed by atoms with Crippen LogP contribution in [-0.2, 0) is 6.42 Å². The van der Waals surface area contributed by atoms with Crippen LogP contribution in [0.2, 0.25) is 0 Å². The average molecular weight is 327 g/mol. The number of anilines is 2. The van der Waals surface area contributed by atoms with E-state index >= 15 is 0 Å². The number of H-pyrrole nitrogens is 1. The molecule has 0 unspecified atom stereocenters. The van der Waals surface area contributed by atoms with E-state index in [-0.39, 0.29) is 12.9 Å². The molecule has 3 rings (SSSR count). The maximum absolute atomic E-state index is 5.87. The van der Waals surface area contributed by atoms with Crippen molar-refractivity contribution in [2.24, 2.45) is 0 Å². The third kappa shape index (κ3) is 3.61. The van der Waals surface area contributed by atoms with Gasteiger partial charge in [-0.2, -0.15) is 4.98 Å². The number of nitrogens with two attached hydrogens (primary N) is 1. The maximum Gasteiger partial charge on any atom is 0.222 e. The first-order valence-corrected chi connectivity index (χ1v) is 8.23. The molecule has 0 radical (unpaired) electrons. The Morgan fingerprint density at radius 1 is 1.33 bits per heavy atom. The molecule has 0 amide bonds. The van der Waals surface area contributed by atoms with Crippen molar-refractivity contribution in [1.82, 2.24) is 24.9 Å². The van der Waals surface area contributed by atoms with Gasteiger partial charge in [-0.05, 0) is 19.4 Å². The fraction of sp³-hybridized carbons (Fsp3) is 0.412. The van der Waals surface area contributed by atoms with E-state index in [1.807, 2.05) is 12.3 Å². The van der Waals surface area contributed by atoms with E-state index in [0.717, 1.165) is 48.2 Å². The van der Waals surface area contributed by atoms with Gasteiger partial charge in [0.2, 0.25) is 5.95 Å². The first kappa shape index (κ1) is 16.2. The van der Waals surface area contributed by atoms with Crippen molar-refractivity contribution >= 4 is 22.7 Å². The fourth-order valence-corrected chi connectivity index (χ4v) is 2.91. The number of nitrogen functional groups attached to an aromatic ring is 1. The third-order valence-corrected chi connectivity index (χ3v) is 4.13. The molecule has 3 heterocycles. The molecule has 0 saturated heterocycles. The number of hydrogen-bond acceptors (Lipinski definition) is 6. The van der Waals surface area contributed by atoms with E-state index in [2.05, 4.69) is 44.1 Å². The summed E-state index contributed by atoms with van der Waals surface area (Å²) in [6, 6.07) is 1.91. The molecule has 0 fully saturated rings. The molecule has 4 N–H and O–H groups in total. The first-order chi connectivity index (χ1) is 11.6. The zero-order valence-corrected chi connectivity index (χ0v) is 14.1. The quantitative estimate of drug-likeness (QED) is 0.615. The molecule has 3 aromatic heterocycles. The van der Waals surface area contributed by atoms with Gasteiger partial charge in [-0.3, -0.25) is 4.98 Å². The molecule has 0 aliphatic rings. The Bertz CT molecular complexity index is 806. The fourth-order valence-electron chi connectivity index (χ4n) is 2.91. The number of hydrogen-bond donors (Lipinski definition) is 3. The summed E-state index contributed by atoms with van der Waals surface area (Å²) >= 11 is 0. The van der Waals surface area contributed by atoms with Crippen LogP contribution in [0.5, 0.6) is 0 Å². The van der Waals surface area contributed by atoms with Gasteiger partial charge in [0, 0.05) is 37.4 Å². The molecule has 7 heteroatoms. The van der Waals surface area contributed by atoms with Crippen molar-refractivity contribution in [2.75, 3.05) is 11.1 Å². The predicted molar refractivity (Wildman–Crippen MR) is 97.7 cm³/mol. The molecular formula is C17H25N7. The molecule has 0 spiro atoms. The number of rotatable bonds is 7. The van der Waals surface area contributed by atoms with Gasteiger partial charge in [-0.25, -0.2) is 9.97 Å². The Hall–Kier alpha value is -2.70. The van der Waals surface area contributed by atoms with Crippen LogP contribution in [0.1, 0.15) is 40.4 Å². The van der Waals surface area contributed by atoms with Crippen molar-refractivity contribution in [1.29, 1.82) is 0 Å². The molecule has 0 aromatic carbocycles. The van der Waals surface area contributed by atoms with Gasteiger partial charge in [-0.1, -0.05) is 19.8 Å². The van der Waals surface area contributed by atoms with Gasteiger partial charge in [0.25, 0.3) is 0 Å². The molecule has 0 bridgehead atoms. The van der Waals surface area contributed by atoms with Gasteiger partial charge >= 0.3 is 0 Å². The highest BCUT2D eigenvalue weighted by molar-refractivity contribution is 5.89. The Labute approximate surface area is 142 Å². The second kappa shape index (κ2) is 6.82. The van der Waals surface area contributed by atoms with Crippen molar-refractivity contribution in [3.05, 3.63) is 36.7 Å². The summed E-state index contributed by atoms with van der Waals surface area (Å²) in [5.74, 6) is 1.94. The zero-order valence-electron chi connectivity index (χ0n) is 14.1. The van der Waals surface area contributed by atoms with Crippen LogP contribution in [0.15, 0.2) is 30.9 Å². The van der Waals surface area contributed by atoms with E-state index in [1.165, 1.54) is 0 Å². The highest BCUT2D eigenvalue weighted by Crippen LogP contribution is 2.27. The normalized spacial score (nSPS) is 13.8. The largest absolute Gasteiger partial charge is 0.368 e. The smallest absolute Gasteiger partial charge is 0.222 e. The van der Waals surface area contributed by atoms with Crippen LogP contribution in [-0.4, -0.2) is 30.5 Å². The minimum absolute atomic E-state index is 0. The average Bonchev–Trinajstić information content (AvgIpc) is 3.05. The monoisotopic (exact) mass is 327 g/mol. The predicted octanol–water partition coefficient (Wildman–Crippen LogP) is 3.18. The molecule has 24 heavy (non-hydrogen) atoms. The minimum Gasteiger partial charge on any atom is -0.368 e. The first-order valence-electron chi connectivity index (χ1n) is 8.23. The molecule has 0 aliphatic carbocycles. The van der Waals surface area contributed by atoms with Crippen LogP contribution < -0.4 is 11.1 Å². The lowest BCUT2D eigenvalue weighted by molar-refractivity contribution is 0.441. The maximum atomic E-state index is 5.87. The standard InChI is InChI=1S/C17H23N7.H2/c1-3-4-6-17(2,10-14-20-8-9-21-14)24-15-12-5-7-19-11-13(12)22-16(18)23-15;/h5,7-9,11H,3-4,6,10H2,1-2H3,(H,20,21)(H3,18,22,23,24);1H/t17-;/m1./s1. The molecule has 0 aliphatic heterocycles. The minimum atomic E-state index is -0.190. The van der Waals surface area contributed by atoms with Crippen LogP contribution >= 0.6 is 0 Å².